The summed E-state index contributed by atoms with van der Waals surface area (Å²) in [6.45, 7) is 4.21. The van der Waals surface area contributed by atoms with Gasteiger partial charge in [-0.3, -0.25) is 0 Å². The van der Waals surface area contributed by atoms with E-state index in [0.29, 0.717) is 11.6 Å². The molecule has 24 heavy (non-hydrogen) atoms. The highest BCUT2D eigenvalue weighted by Crippen LogP contribution is 2.36. The van der Waals surface area contributed by atoms with Crippen LogP contribution in [-0.2, 0) is 0 Å². The van der Waals surface area contributed by atoms with E-state index in [4.69, 9.17) is 39.5 Å². The number of carbonyl (C=O) groups is 1. The standard InChI is InChI=1S/C15H17Cl3N4O2/c1-3-4-20-15(23)22(21-6-5-19-9-21)10(2)24-14-12(17)7-11(16)8-13(14)18/h5-10H,3-4H2,1-2H3,(H,20,23). The number of carbonyl (C=O) groups excluding carboxylic acids is 1. The van der Waals surface area contributed by atoms with E-state index in [0.717, 1.165) is 6.42 Å². The first-order valence-electron chi connectivity index (χ1n) is 7.30. The van der Waals surface area contributed by atoms with Crippen molar-refractivity contribution in [1.29, 1.82) is 0 Å². The Labute approximate surface area is 155 Å². The van der Waals surface area contributed by atoms with Gasteiger partial charge in [0.05, 0.1) is 10.0 Å². The number of nitrogens with zero attached hydrogens (tertiary/aromatic N) is 3. The Bertz CT molecular complexity index is 671. The van der Waals surface area contributed by atoms with E-state index < -0.39 is 6.23 Å². The maximum atomic E-state index is 12.5. The van der Waals surface area contributed by atoms with Gasteiger partial charge in [-0.05, 0) is 25.5 Å². The van der Waals surface area contributed by atoms with Crippen LogP contribution in [0, 0.1) is 0 Å². The first kappa shape index (κ1) is 18.7. The molecule has 0 saturated carbocycles. The zero-order valence-corrected chi connectivity index (χ0v) is 15.4. The van der Waals surface area contributed by atoms with Crippen molar-refractivity contribution in [1.82, 2.24) is 15.0 Å². The van der Waals surface area contributed by atoms with Gasteiger partial charge in [0.1, 0.15) is 6.33 Å². The lowest BCUT2D eigenvalue weighted by molar-refractivity contribution is 0.178. The number of urea groups is 1. The number of benzene rings is 1. The second-order valence-electron chi connectivity index (χ2n) is 4.93. The van der Waals surface area contributed by atoms with Gasteiger partial charge in [0.25, 0.3) is 0 Å². The van der Waals surface area contributed by atoms with Crippen LogP contribution in [0.2, 0.25) is 15.1 Å². The smallest absolute Gasteiger partial charge is 0.339 e. The second kappa shape index (κ2) is 8.46. The number of hydrogen-bond acceptors (Lipinski definition) is 3. The number of ether oxygens (including phenoxy) is 1. The number of nitrogens with one attached hydrogen (secondary N) is 1. The van der Waals surface area contributed by atoms with Crippen LogP contribution in [0.1, 0.15) is 20.3 Å². The third-order valence-electron chi connectivity index (χ3n) is 3.07. The SMILES string of the molecule is CCCNC(=O)N(C(C)Oc1c(Cl)cc(Cl)cc1Cl)n1ccnc1. The van der Waals surface area contributed by atoms with Crippen LogP contribution < -0.4 is 15.1 Å². The van der Waals surface area contributed by atoms with E-state index >= 15 is 0 Å². The zero-order chi connectivity index (χ0) is 17.7. The molecule has 1 N–H and O–H groups in total. The summed E-state index contributed by atoms with van der Waals surface area (Å²) in [6.07, 6.45) is 4.81. The second-order valence-corrected chi connectivity index (χ2v) is 6.19. The average Bonchev–Trinajstić information content (AvgIpc) is 3.03. The van der Waals surface area contributed by atoms with Gasteiger partial charge in [-0.2, -0.15) is 5.01 Å². The third kappa shape index (κ3) is 4.47. The van der Waals surface area contributed by atoms with E-state index in [-0.39, 0.29) is 21.8 Å². The van der Waals surface area contributed by atoms with E-state index in [1.54, 1.807) is 19.3 Å². The normalized spacial score (nSPS) is 11.9. The summed E-state index contributed by atoms with van der Waals surface area (Å²) in [5.74, 6) is 0.253. The summed E-state index contributed by atoms with van der Waals surface area (Å²) in [4.78, 5) is 16.4. The fourth-order valence-corrected chi connectivity index (χ4v) is 2.92. The molecule has 0 aliphatic heterocycles. The lowest BCUT2D eigenvalue weighted by Crippen LogP contribution is -2.53. The van der Waals surface area contributed by atoms with Gasteiger partial charge in [0.2, 0.25) is 0 Å². The summed E-state index contributed by atoms with van der Waals surface area (Å²) in [6, 6.07) is 2.72. The molecule has 0 aliphatic carbocycles. The third-order valence-corrected chi connectivity index (χ3v) is 3.85. The minimum atomic E-state index is -0.702. The molecular formula is C15H17Cl3N4O2. The average molecular weight is 392 g/mol. The lowest BCUT2D eigenvalue weighted by atomic mass is 10.3. The molecule has 0 saturated heterocycles. The largest absolute Gasteiger partial charge is 0.466 e. The Balaban J connectivity index is 2.25. The highest BCUT2D eigenvalue weighted by molar-refractivity contribution is 6.40. The summed E-state index contributed by atoms with van der Waals surface area (Å²) in [5, 5.41) is 5.09. The molecule has 1 aromatic heterocycles. The molecule has 0 radical (unpaired) electrons. The number of rotatable bonds is 6. The van der Waals surface area contributed by atoms with Crippen molar-refractivity contribution in [3.63, 3.8) is 0 Å². The highest BCUT2D eigenvalue weighted by atomic mass is 35.5. The van der Waals surface area contributed by atoms with Crippen molar-refractivity contribution in [3.05, 3.63) is 45.9 Å². The Kier molecular flexibility index (Phi) is 6.60. The van der Waals surface area contributed by atoms with Crippen LogP contribution in [0.5, 0.6) is 5.75 Å². The fourth-order valence-electron chi connectivity index (χ4n) is 2.01. The Morgan fingerprint density at radius 1 is 1.38 bits per heavy atom. The fraction of sp³-hybridized carbons (Fsp3) is 0.333. The van der Waals surface area contributed by atoms with Gasteiger partial charge < -0.3 is 10.1 Å². The van der Waals surface area contributed by atoms with E-state index in [1.807, 2.05) is 6.92 Å². The Hall–Kier alpha value is -1.63. The van der Waals surface area contributed by atoms with Gasteiger partial charge >= 0.3 is 6.03 Å². The van der Waals surface area contributed by atoms with Gasteiger partial charge in [0.15, 0.2) is 12.0 Å². The molecule has 2 aromatic rings. The van der Waals surface area contributed by atoms with Crippen molar-refractivity contribution in [2.45, 2.75) is 26.5 Å². The van der Waals surface area contributed by atoms with Crippen molar-refractivity contribution < 1.29 is 9.53 Å². The first-order valence-corrected chi connectivity index (χ1v) is 8.44. The van der Waals surface area contributed by atoms with Gasteiger partial charge in [-0.15, -0.1) is 0 Å². The van der Waals surface area contributed by atoms with Crippen molar-refractivity contribution in [2.75, 3.05) is 11.6 Å². The minimum Gasteiger partial charge on any atom is -0.466 e. The molecule has 0 fully saturated rings. The minimum absolute atomic E-state index is 0.253. The Morgan fingerprint density at radius 2 is 2.04 bits per heavy atom. The maximum Gasteiger partial charge on any atom is 0.339 e. The molecule has 2 rings (SSSR count). The molecule has 1 atom stereocenters. The molecule has 9 heteroatoms. The molecule has 2 amide bonds. The van der Waals surface area contributed by atoms with Gasteiger partial charge in [0, 0.05) is 24.0 Å². The number of hydrogen-bond donors (Lipinski definition) is 1. The molecule has 1 unspecified atom stereocenters. The summed E-state index contributed by atoms with van der Waals surface area (Å²) in [5.41, 5.74) is 0. The molecule has 0 spiro atoms. The van der Waals surface area contributed by atoms with E-state index in [2.05, 4.69) is 10.3 Å². The quantitative estimate of drug-likeness (QED) is 0.746. The number of imidazole rings is 1. The van der Waals surface area contributed by atoms with Gasteiger partial charge in [-0.25, -0.2) is 14.5 Å². The van der Waals surface area contributed by atoms with Crippen LogP contribution in [-0.4, -0.2) is 28.5 Å². The summed E-state index contributed by atoms with van der Waals surface area (Å²) in [7, 11) is 0. The maximum absolute atomic E-state index is 12.5. The van der Waals surface area contributed by atoms with Crippen LogP contribution >= 0.6 is 34.8 Å². The molecule has 1 heterocycles. The van der Waals surface area contributed by atoms with Crippen molar-refractivity contribution in [2.24, 2.45) is 0 Å². The molecular weight excluding hydrogens is 375 g/mol. The van der Waals surface area contributed by atoms with E-state index in [1.165, 1.54) is 28.1 Å². The molecule has 0 bridgehead atoms. The van der Waals surface area contributed by atoms with Crippen LogP contribution in [0.15, 0.2) is 30.9 Å². The first-order chi connectivity index (χ1) is 11.4. The predicted octanol–water partition coefficient (Wildman–Crippen LogP) is 4.33. The topological polar surface area (TPSA) is 59.4 Å². The molecule has 1 aromatic carbocycles. The number of aromatic nitrogens is 2. The number of amides is 2. The summed E-state index contributed by atoms with van der Waals surface area (Å²) < 4.78 is 7.33. The van der Waals surface area contributed by atoms with Gasteiger partial charge in [-0.1, -0.05) is 41.7 Å². The predicted molar refractivity (Wildman–Crippen MR) is 95.7 cm³/mol. The molecule has 130 valence electrons. The van der Waals surface area contributed by atoms with Crippen LogP contribution in [0.3, 0.4) is 0 Å². The number of halogens is 3. The van der Waals surface area contributed by atoms with Crippen LogP contribution in [0.25, 0.3) is 0 Å². The monoisotopic (exact) mass is 390 g/mol. The molecule has 0 aliphatic rings. The van der Waals surface area contributed by atoms with Crippen molar-refractivity contribution >= 4 is 40.8 Å². The van der Waals surface area contributed by atoms with Crippen molar-refractivity contribution in [3.8, 4) is 5.75 Å². The lowest BCUT2D eigenvalue weighted by Gasteiger charge is -2.30. The molecule has 6 nitrogen and oxygen atoms in total. The highest BCUT2D eigenvalue weighted by Gasteiger charge is 2.24. The van der Waals surface area contributed by atoms with E-state index in [9.17, 15) is 4.79 Å². The summed E-state index contributed by atoms with van der Waals surface area (Å²) >= 11 is 18.2. The Morgan fingerprint density at radius 3 is 2.58 bits per heavy atom. The zero-order valence-electron chi connectivity index (χ0n) is 13.2. The van der Waals surface area contributed by atoms with Crippen LogP contribution in [0.4, 0.5) is 4.79 Å².